The fourth-order valence-corrected chi connectivity index (χ4v) is 2.23. The van der Waals surface area contributed by atoms with Gasteiger partial charge in [-0.2, -0.15) is 0 Å². The molecule has 0 aliphatic carbocycles. The number of carbonyl (C=O) groups is 1. The first-order chi connectivity index (χ1) is 6.74. The van der Waals surface area contributed by atoms with Crippen molar-refractivity contribution in [3.63, 3.8) is 0 Å². The highest BCUT2D eigenvalue weighted by atomic mass is 32.1. The molecule has 1 aromatic heterocycles. The lowest BCUT2D eigenvalue weighted by molar-refractivity contribution is -0.162. The van der Waals surface area contributed by atoms with Gasteiger partial charge >= 0.3 is 0 Å². The molecule has 1 unspecified atom stereocenters. The van der Waals surface area contributed by atoms with Crippen molar-refractivity contribution in [3.8, 4) is 0 Å². The molecule has 0 aromatic carbocycles. The highest BCUT2D eigenvalue weighted by Crippen LogP contribution is 2.32. The zero-order valence-corrected chi connectivity index (χ0v) is 7.94. The molecule has 0 saturated carbocycles. The van der Waals surface area contributed by atoms with Gasteiger partial charge in [0, 0.05) is 11.3 Å². The quantitative estimate of drug-likeness (QED) is 0.418. The highest BCUT2D eigenvalue weighted by Gasteiger charge is 2.37. The maximum absolute atomic E-state index is 11.2. The zero-order chi connectivity index (χ0) is 10.1. The summed E-state index contributed by atoms with van der Waals surface area (Å²) in [5, 5.41) is 23.3. The van der Waals surface area contributed by atoms with Gasteiger partial charge in [-0.15, -0.1) is 11.3 Å². The number of hydroxylamine groups is 2. The maximum atomic E-state index is 11.2. The molecular weight excluding hydrogens is 204 g/mol. The normalized spacial score (nSPS) is 24.9. The fraction of sp³-hybridized carbons (Fsp3) is 0.250. The lowest BCUT2D eigenvalue weighted by atomic mass is 10.2. The number of thiophene rings is 1. The van der Waals surface area contributed by atoms with Gasteiger partial charge in [-0.3, -0.25) is 10.0 Å². The third kappa shape index (κ3) is 1.28. The smallest absolute Gasteiger partial charge is 0.295 e. The SMILES string of the molecule is O=C1/C(=N\O)CC(c2cccs2)N1O. The highest BCUT2D eigenvalue weighted by molar-refractivity contribution is 7.10. The number of oxime groups is 1. The Labute approximate surface area is 83.8 Å². The molecule has 0 spiro atoms. The second-order valence-corrected chi connectivity index (χ2v) is 3.91. The van der Waals surface area contributed by atoms with Crippen LogP contribution in [0.5, 0.6) is 0 Å². The number of hydrogen-bond donors (Lipinski definition) is 2. The largest absolute Gasteiger partial charge is 0.410 e. The van der Waals surface area contributed by atoms with E-state index in [0.29, 0.717) is 5.06 Å². The van der Waals surface area contributed by atoms with E-state index in [2.05, 4.69) is 5.16 Å². The summed E-state index contributed by atoms with van der Waals surface area (Å²) in [6.07, 6.45) is 0.242. The Balaban J connectivity index is 2.29. The molecule has 6 heteroatoms. The first kappa shape index (κ1) is 9.17. The fourth-order valence-electron chi connectivity index (χ4n) is 1.42. The van der Waals surface area contributed by atoms with Gasteiger partial charge < -0.3 is 5.21 Å². The molecule has 1 atom stereocenters. The summed E-state index contributed by atoms with van der Waals surface area (Å²) in [5.74, 6) is -0.633. The molecule has 0 bridgehead atoms. The van der Waals surface area contributed by atoms with Crippen LogP contribution < -0.4 is 0 Å². The van der Waals surface area contributed by atoms with Gasteiger partial charge in [-0.05, 0) is 11.4 Å². The number of hydrogen-bond acceptors (Lipinski definition) is 5. The van der Waals surface area contributed by atoms with Crippen molar-refractivity contribution in [1.29, 1.82) is 0 Å². The molecule has 1 fully saturated rings. The third-order valence-corrected chi connectivity index (χ3v) is 3.10. The van der Waals surface area contributed by atoms with E-state index >= 15 is 0 Å². The van der Waals surface area contributed by atoms with Gasteiger partial charge in [0.25, 0.3) is 5.91 Å². The Hall–Kier alpha value is -1.40. The Kier molecular flexibility index (Phi) is 2.22. The molecule has 2 N–H and O–H groups in total. The molecule has 14 heavy (non-hydrogen) atoms. The number of carbonyl (C=O) groups excluding carboxylic acids is 1. The van der Waals surface area contributed by atoms with E-state index in [1.165, 1.54) is 11.3 Å². The molecule has 5 nitrogen and oxygen atoms in total. The van der Waals surface area contributed by atoms with E-state index in [1.54, 1.807) is 0 Å². The summed E-state index contributed by atoms with van der Waals surface area (Å²) in [7, 11) is 0. The van der Waals surface area contributed by atoms with Crippen LogP contribution in [0, 0.1) is 0 Å². The van der Waals surface area contributed by atoms with Crippen molar-refractivity contribution in [2.45, 2.75) is 12.5 Å². The predicted octanol–water partition coefficient (Wildman–Crippen LogP) is 1.24. The van der Waals surface area contributed by atoms with Crippen LogP contribution in [0.3, 0.4) is 0 Å². The minimum atomic E-state index is -0.633. The van der Waals surface area contributed by atoms with Gasteiger partial charge in [0.15, 0.2) is 0 Å². The van der Waals surface area contributed by atoms with E-state index in [9.17, 15) is 10.0 Å². The molecule has 1 aromatic rings. The molecule has 0 radical (unpaired) electrons. The molecule has 1 aliphatic rings. The van der Waals surface area contributed by atoms with E-state index in [0.717, 1.165) is 4.88 Å². The van der Waals surface area contributed by atoms with E-state index in [1.807, 2.05) is 17.5 Å². The predicted molar refractivity (Wildman–Crippen MR) is 49.5 cm³/mol. The second-order valence-electron chi connectivity index (χ2n) is 2.93. The maximum Gasteiger partial charge on any atom is 0.295 e. The number of amides is 1. The summed E-state index contributed by atoms with van der Waals surface area (Å²) >= 11 is 1.45. The van der Waals surface area contributed by atoms with E-state index in [4.69, 9.17) is 5.21 Å². The van der Waals surface area contributed by atoms with Crippen LogP contribution in [0.15, 0.2) is 22.7 Å². The average Bonchev–Trinajstić information content (AvgIpc) is 2.78. The molecule has 2 rings (SSSR count). The Morgan fingerprint density at radius 2 is 2.43 bits per heavy atom. The van der Waals surface area contributed by atoms with Crippen LogP contribution in [-0.4, -0.2) is 27.1 Å². The number of rotatable bonds is 1. The topological polar surface area (TPSA) is 73.1 Å². The van der Waals surface area contributed by atoms with Gasteiger partial charge in [-0.1, -0.05) is 11.2 Å². The van der Waals surface area contributed by atoms with Crippen LogP contribution in [0.2, 0.25) is 0 Å². The van der Waals surface area contributed by atoms with E-state index < -0.39 is 11.9 Å². The summed E-state index contributed by atoms with van der Waals surface area (Å²) in [5.41, 5.74) is -0.00843. The monoisotopic (exact) mass is 212 g/mol. The Morgan fingerprint density at radius 3 is 2.93 bits per heavy atom. The summed E-state index contributed by atoms with van der Waals surface area (Å²) in [6.45, 7) is 0. The molecule has 1 aliphatic heterocycles. The lowest BCUT2D eigenvalue weighted by Gasteiger charge is -2.14. The minimum absolute atomic E-state index is 0.00843. The average molecular weight is 212 g/mol. The number of nitrogens with zero attached hydrogens (tertiary/aromatic N) is 2. The third-order valence-electron chi connectivity index (χ3n) is 2.13. The van der Waals surface area contributed by atoms with Crippen molar-refractivity contribution < 1.29 is 15.2 Å². The van der Waals surface area contributed by atoms with Crippen molar-refractivity contribution in [2.24, 2.45) is 5.16 Å². The molecule has 1 amide bonds. The molecule has 1 saturated heterocycles. The second kappa shape index (κ2) is 3.39. The zero-order valence-electron chi connectivity index (χ0n) is 7.12. The van der Waals surface area contributed by atoms with Gasteiger partial charge in [0.2, 0.25) is 0 Å². The van der Waals surface area contributed by atoms with Crippen LogP contribution in [-0.2, 0) is 4.79 Å². The molecule has 74 valence electrons. The molecular formula is C8H8N2O3S. The van der Waals surface area contributed by atoms with Crippen molar-refractivity contribution in [2.75, 3.05) is 0 Å². The van der Waals surface area contributed by atoms with Crippen molar-refractivity contribution in [1.82, 2.24) is 5.06 Å². The van der Waals surface area contributed by atoms with Crippen molar-refractivity contribution >= 4 is 23.0 Å². The van der Waals surface area contributed by atoms with Gasteiger partial charge in [-0.25, -0.2) is 5.06 Å². The summed E-state index contributed by atoms with van der Waals surface area (Å²) in [6, 6.07) is 3.26. The molecule has 2 heterocycles. The standard InChI is InChI=1S/C8H8N2O3S/c11-8-5(9-12)4-6(10(8)13)7-2-1-3-14-7/h1-3,6,12-13H,4H2/b9-5-. The minimum Gasteiger partial charge on any atom is -0.410 e. The summed E-state index contributed by atoms with van der Waals surface area (Å²) in [4.78, 5) is 12.1. The summed E-state index contributed by atoms with van der Waals surface area (Å²) < 4.78 is 0. The van der Waals surface area contributed by atoms with E-state index in [-0.39, 0.29) is 12.1 Å². The van der Waals surface area contributed by atoms with Gasteiger partial charge in [0.05, 0.1) is 6.04 Å². The first-order valence-electron chi connectivity index (χ1n) is 4.01. The van der Waals surface area contributed by atoms with Crippen LogP contribution in [0.25, 0.3) is 0 Å². The Morgan fingerprint density at radius 1 is 1.64 bits per heavy atom. The van der Waals surface area contributed by atoms with Crippen LogP contribution in [0.4, 0.5) is 0 Å². The lowest BCUT2D eigenvalue weighted by Crippen LogP contribution is -2.25. The van der Waals surface area contributed by atoms with Crippen LogP contribution in [0.1, 0.15) is 17.3 Å². The first-order valence-corrected chi connectivity index (χ1v) is 4.88. The Bertz CT molecular complexity index is 374. The van der Waals surface area contributed by atoms with Gasteiger partial charge in [0.1, 0.15) is 5.71 Å². The van der Waals surface area contributed by atoms with Crippen molar-refractivity contribution in [3.05, 3.63) is 22.4 Å². The van der Waals surface area contributed by atoms with Crippen LogP contribution >= 0.6 is 11.3 Å².